The van der Waals surface area contributed by atoms with Crippen molar-refractivity contribution in [2.45, 2.75) is 12.8 Å². The average molecular weight is 341 g/mol. The predicted molar refractivity (Wildman–Crippen MR) is 96.0 cm³/mol. The van der Waals surface area contributed by atoms with Gasteiger partial charge in [0.15, 0.2) is 0 Å². The fourth-order valence-corrected chi connectivity index (χ4v) is 2.57. The molecule has 1 atom stereocenters. The third-order valence-corrected chi connectivity index (χ3v) is 3.71. The second kappa shape index (κ2) is 9.62. The lowest BCUT2D eigenvalue weighted by molar-refractivity contribution is 0.392. The summed E-state index contributed by atoms with van der Waals surface area (Å²) in [4.78, 5) is 8.65. The summed E-state index contributed by atoms with van der Waals surface area (Å²) in [7, 11) is 0. The predicted octanol–water partition coefficient (Wildman–Crippen LogP) is 3.40. The molecular formula is C16H22Cl2N4. The Morgan fingerprint density at radius 1 is 1.14 bits per heavy atom. The molecule has 0 saturated carbocycles. The van der Waals surface area contributed by atoms with Crippen LogP contribution in [-0.2, 0) is 0 Å². The maximum Gasteiger partial charge on any atom is 0.129 e. The molecule has 2 aromatic rings. The lowest BCUT2D eigenvalue weighted by Crippen LogP contribution is -2.33. The minimum atomic E-state index is 0. The molecule has 2 heterocycles. The molecule has 0 amide bonds. The molecule has 1 aromatic carbocycles. The molecule has 0 bridgehead atoms. The van der Waals surface area contributed by atoms with Crippen molar-refractivity contribution >= 4 is 30.6 Å². The summed E-state index contributed by atoms with van der Waals surface area (Å²) >= 11 is 0. The molecule has 22 heavy (non-hydrogen) atoms. The van der Waals surface area contributed by atoms with Crippen molar-refractivity contribution in [1.82, 2.24) is 15.3 Å². The first-order valence-corrected chi connectivity index (χ1v) is 7.24. The summed E-state index contributed by atoms with van der Waals surface area (Å²) in [5.41, 5.74) is 2.09. The molecule has 1 aromatic heterocycles. The molecule has 120 valence electrons. The quantitative estimate of drug-likeness (QED) is 0.895. The van der Waals surface area contributed by atoms with Crippen LogP contribution in [0.15, 0.2) is 42.7 Å². The Bertz CT molecular complexity index is 545. The van der Waals surface area contributed by atoms with Crippen LogP contribution in [0.3, 0.4) is 0 Å². The largest absolute Gasteiger partial charge is 0.370 e. The van der Waals surface area contributed by atoms with Crippen molar-refractivity contribution in [2.24, 2.45) is 5.92 Å². The van der Waals surface area contributed by atoms with E-state index in [1.807, 2.05) is 24.3 Å². The van der Waals surface area contributed by atoms with Gasteiger partial charge < -0.3 is 10.6 Å². The maximum atomic E-state index is 4.34. The minimum Gasteiger partial charge on any atom is -0.370 e. The molecule has 3 rings (SSSR count). The molecule has 1 saturated heterocycles. The number of hydrogen-bond donors (Lipinski definition) is 2. The molecule has 1 aliphatic heterocycles. The number of hydrogen-bond acceptors (Lipinski definition) is 4. The van der Waals surface area contributed by atoms with Crippen molar-refractivity contribution in [3.8, 4) is 11.3 Å². The van der Waals surface area contributed by atoms with E-state index in [4.69, 9.17) is 0 Å². The summed E-state index contributed by atoms with van der Waals surface area (Å²) in [6.45, 7) is 3.23. The number of aromatic nitrogens is 2. The third-order valence-electron chi connectivity index (χ3n) is 3.71. The first-order chi connectivity index (χ1) is 9.92. The van der Waals surface area contributed by atoms with E-state index < -0.39 is 0 Å². The van der Waals surface area contributed by atoms with Gasteiger partial charge in [-0.3, -0.25) is 0 Å². The van der Waals surface area contributed by atoms with Gasteiger partial charge in [-0.25, -0.2) is 9.97 Å². The fourth-order valence-electron chi connectivity index (χ4n) is 2.57. The maximum absolute atomic E-state index is 4.34. The molecule has 0 aliphatic carbocycles. The van der Waals surface area contributed by atoms with E-state index in [0.29, 0.717) is 5.92 Å². The Morgan fingerprint density at radius 2 is 1.95 bits per heavy atom. The van der Waals surface area contributed by atoms with Crippen LogP contribution in [0.5, 0.6) is 0 Å². The van der Waals surface area contributed by atoms with Gasteiger partial charge in [0, 0.05) is 18.2 Å². The van der Waals surface area contributed by atoms with Gasteiger partial charge in [0.05, 0.1) is 5.69 Å². The van der Waals surface area contributed by atoms with Crippen molar-refractivity contribution in [1.29, 1.82) is 0 Å². The number of nitrogens with zero attached hydrogens (tertiary/aromatic N) is 2. The van der Waals surface area contributed by atoms with Crippen molar-refractivity contribution in [3.63, 3.8) is 0 Å². The Balaban J connectivity index is 0.00000121. The normalized spacial score (nSPS) is 17.0. The van der Waals surface area contributed by atoms with Gasteiger partial charge in [0.1, 0.15) is 12.1 Å². The lowest BCUT2D eigenvalue weighted by atomic mass is 10.00. The number of nitrogens with one attached hydrogen (secondary N) is 2. The van der Waals surface area contributed by atoms with Crippen molar-refractivity contribution in [3.05, 3.63) is 42.7 Å². The Hall–Kier alpha value is -1.36. The van der Waals surface area contributed by atoms with Gasteiger partial charge in [0.2, 0.25) is 0 Å². The molecule has 0 spiro atoms. The first-order valence-electron chi connectivity index (χ1n) is 7.24. The molecule has 4 nitrogen and oxygen atoms in total. The summed E-state index contributed by atoms with van der Waals surface area (Å²) in [5.74, 6) is 1.60. The van der Waals surface area contributed by atoms with E-state index in [9.17, 15) is 0 Å². The number of halogens is 2. The van der Waals surface area contributed by atoms with Gasteiger partial charge >= 0.3 is 0 Å². The highest BCUT2D eigenvalue weighted by Crippen LogP contribution is 2.18. The zero-order valence-electron chi connectivity index (χ0n) is 12.4. The number of rotatable bonds is 4. The Morgan fingerprint density at radius 3 is 2.68 bits per heavy atom. The van der Waals surface area contributed by atoms with Gasteiger partial charge in [-0.15, -0.1) is 24.8 Å². The monoisotopic (exact) mass is 340 g/mol. The van der Waals surface area contributed by atoms with Crippen LogP contribution in [0.1, 0.15) is 12.8 Å². The van der Waals surface area contributed by atoms with Gasteiger partial charge in [-0.2, -0.15) is 0 Å². The van der Waals surface area contributed by atoms with E-state index in [1.54, 1.807) is 6.33 Å². The summed E-state index contributed by atoms with van der Waals surface area (Å²) in [5, 5.41) is 6.87. The Kier molecular flexibility index (Phi) is 8.17. The van der Waals surface area contributed by atoms with Crippen LogP contribution in [0, 0.1) is 5.92 Å². The number of benzene rings is 1. The summed E-state index contributed by atoms with van der Waals surface area (Å²) in [6, 6.07) is 12.2. The van der Waals surface area contributed by atoms with Crippen LogP contribution >= 0.6 is 24.8 Å². The van der Waals surface area contributed by atoms with Gasteiger partial charge in [0.25, 0.3) is 0 Å². The van der Waals surface area contributed by atoms with Crippen LogP contribution in [0.2, 0.25) is 0 Å². The summed E-state index contributed by atoms with van der Waals surface area (Å²) in [6.07, 6.45) is 4.19. The number of piperidine rings is 1. The smallest absolute Gasteiger partial charge is 0.129 e. The van der Waals surface area contributed by atoms with Gasteiger partial charge in [-0.05, 0) is 31.8 Å². The van der Waals surface area contributed by atoms with E-state index in [1.165, 1.54) is 12.8 Å². The molecule has 0 radical (unpaired) electrons. The molecule has 1 fully saturated rings. The van der Waals surface area contributed by atoms with Crippen LogP contribution in [-0.4, -0.2) is 29.6 Å². The van der Waals surface area contributed by atoms with Gasteiger partial charge in [-0.1, -0.05) is 30.3 Å². The lowest BCUT2D eigenvalue weighted by Gasteiger charge is -2.23. The van der Waals surface area contributed by atoms with Crippen LogP contribution < -0.4 is 10.6 Å². The fraction of sp³-hybridized carbons (Fsp3) is 0.375. The average Bonchev–Trinajstić information content (AvgIpc) is 2.55. The highest BCUT2D eigenvalue weighted by atomic mass is 35.5. The highest BCUT2D eigenvalue weighted by Gasteiger charge is 2.12. The first kappa shape index (κ1) is 18.7. The second-order valence-corrected chi connectivity index (χ2v) is 5.25. The molecular weight excluding hydrogens is 319 g/mol. The molecule has 2 N–H and O–H groups in total. The SMILES string of the molecule is Cl.Cl.c1ccc(-c2cc(NCC3CCCNC3)ncn2)cc1. The second-order valence-electron chi connectivity index (χ2n) is 5.25. The Labute approximate surface area is 144 Å². The van der Waals surface area contributed by atoms with Crippen molar-refractivity contribution < 1.29 is 0 Å². The van der Waals surface area contributed by atoms with Crippen LogP contribution in [0.25, 0.3) is 11.3 Å². The molecule has 1 unspecified atom stereocenters. The number of anilines is 1. The zero-order valence-corrected chi connectivity index (χ0v) is 14.0. The van der Waals surface area contributed by atoms with Crippen molar-refractivity contribution in [2.75, 3.05) is 25.0 Å². The molecule has 6 heteroatoms. The minimum absolute atomic E-state index is 0. The molecule has 1 aliphatic rings. The van der Waals surface area contributed by atoms with E-state index in [-0.39, 0.29) is 24.8 Å². The van der Waals surface area contributed by atoms with E-state index in [2.05, 4.69) is 32.7 Å². The van der Waals surface area contributed by atoms with Crippen LogP contribution in [0.4, 0.5) is 5.82 Å². The zero-order chi connectivity index (χ0) is 13.6. The van der Waals surface area contributed by atoms with E-state index in [0.717, 1.165) is 36.7 Å². The highest BCUT2D eigenvalue weighted by molar-refractivity contribution is 5.85. The standard InChI is InChI=1S/C16H20N4.2ClH/c1-2-6-14(7-3-1)15-9-16(20-12-19-15)18-11-13-5-4-8-17-10-13;;/h1-3,6-7,9,12-13,17H,4-5,8,10-11H2,(H,18,19,20);2*1H. The van der Waals surface area contributed by atoms with E-state index >= 15 is 0 Å². The summed E-state index contributed by atoms with van der Waals surface area (Å²) < 4.78 is 0. The third kappa shape index (κ3) is 5.13. The topological polar surface area (TPSA) is 49.8 Å².